The molecule has 0 aliphatic rings. The molecule has 0 aliphatic carbocycles. The fourth-order valence-electron chi connectivity index (χ4n) is 1.45. The van der Waals surface area contributed by atoms with Crippen LogP contribution in [0.3, 0.4) is 0 Å². The lowest BCUT2D eigenvalue weighted by Gasteiger charge is -2.00. The van der Waals surface area contributed by atoms with E-state index in [1.807, 2.05) is 0 Å². The second-order valence-corrected chi connectivity index (χ2v) is 4.15. The Hall–Kier alpha value is -1.80. The highest BCUT2D eigenvalue weighted by Crippen LogP contribution is 2.08. The van der Waals surface area contributed by atoms with Gasteiger partial charge in [-0.05, 0) is 38.7 Å². The Kier molecular flexibility index (Phi) is 11.1. The molecule has 0 aliphatic heterocycles. The molecule has 0 aromatic rings. The standard InChI is InChI=1S/C16H24O4/c1-4-6-11-14(16(18)19-3)12-9-7-8-10-13-15(17)20-5-2/h9-10,13H,4-8,11H2,1-3H3. The number of ether oxygens (including phenoxy) is 2. The second-order valence-electron chi connectivity index (χ2n) is 4.15. The molecule has 0 unspecified atom stereocenters. The molecule has 0 saturated carbocycles. The van der Waals surface area contributed by atoms with Crippen molar-refractivity contribution in [3.63, 3.8) is 0 Å². The Morgan fingerprint density at radius 1 is 1.20 bits per heavy atom. The van der Waals surface area contributed by atoms with Crippen molar-refractivity contribution in [3.05, 3.63) is 29.5 Å². The van der Waals surface area contributed by atoms with E-state index in [0.29, 0.717) is 31.4 Å². The summed E-state index contributed by atoms with van der Waals surface area (Å²) in [6, 6.07) is 0. The average molecular weight is 280 g/mol. The van der Waals surface area contributed by atoms with Crippen LogP contribution in [0.2, 0.25) is 0 Å². The summed E-state index contributed by atoms with van der Waals surface area (Å²) in [5, 5.41) is 0. The number of rotatable bonds is 9. The highest BCUT2D eigenvalue weighted by molar-refractivity contribution is 5.88. The SMILES string of the molecule is CCCCC(=C=CCCC=CC(=O)OCC)C(=O)OC. The minimum atomic E-state index is -0.329. The number of methoxy groups -OCH3 is 1. The maximum atomic E-state index is 11.5. The minimum Gasteiger partial charge on any atom is -0.465 e. The molecule has 4 heteroatoms. The van der Waals surface area contributed by atoms with Gasteiger partial charge in [0.05, 0.1) is 19.3 Å². The van der Waals surface area contributed by atoms with E-state index in [1.54, 1.807) is 19.1 Å². The molecule has 112 valence electrons. The Morgan fingerprint density at radius 3 is 2.55 bits per heavy atom. The molecule has 0 bridgehead atoms. The van der Waals surface area contributed by atoms with Crippen LogP contribution < -0.4 is 0 Å². The van der Waals surface area contributed by atoms with Crippen LogP contribution in [0.4, 0.5) is 0 Å². The summed E-state index contributed by atoms with van der Waals surface area (Å²) in [5.74, 6) is -0.651. The van der Waals surface area contributed by atoms with Crippen molar-refractivity contribution < 1.29 is 19.1 Å². The van der Waals surface area contributed by atoms with Gasteiger partial charge in [0.1, 0.15) is 0 Å². The molecule has 0 amide bonds. The largest absolute Gasteiger partial charge is 0.465 e. The topological polar surface area (TPSA) is 52.6 Å². The Morgan fingerprint density at radius 2 is 1.95 bits per heavy atom. The molecule has 0 saturated heterocycles. The van der Waals surface area contributed by atoms with Gasteiger partial charge in [0.25, 0.3) is 0 Å². The van der Waals surface area contributed by atoms with Gasteiger partial charge in [-0.1, -0.05) is 19.4 Å². The molecular formula is C16H24O4. The second kappa shape index (κ2) is 12.2. The number of unbranched alkanes of at least 4 members (excludes halogenated alkanes) is 2. The highest BCUT2D eigenvalue weighted by atomic mass is 16.5. The number of esters is 2. The van der Waals surface area contributed by atoms with Gasteiger partial charge in [0.2, 0.25) is 0 Å². The molecule has 0 N–H and O–H groups in total. The van der Waals surface area contributed by atoms with Crippen molar-refractivity contribution in [2.24, 2.45) is 0 Å². The molecule has 4 nitrogen and oxygen atoms in total. The zero-order chi connectivity index (χ0) is 15.2. The van der Waals surface area contributed by atoms with Gasteiger partial charge in [0.15, 0.2) is 0 Å². The van der Waals surface area contributed by atoms with Crippen LogP contribution in [-0.2, 0) is 19.1 Å². The fourth-order valence-corrected chi connectivity index (χ4v) is 1.45. The van der Waals surface area contributed by atoms with Crippen LogP contribution in [0.25, 0.3) is 0 Å². The number of allylic oxidation sites excluding steroid dienone is 1. The van der Waals surface area contributed by atoms with Gasteiger partial charge >= 0.3 is 11.9 Å². The lowest BCUT2D eigenvalue weighted by atomic mass is 10.1. The number of hydrogen-bond donors (Lipinski definition) is 0. The van der Waals surface area contributed by atoms with E-state index in [-0.39, 0.29) is 11.9 Å². The molecular weight excluding hydrogens is 256 g/mol. The van der Waals surface area contributed by atoms with Gasteiger partial charge in [-0.15, -0.1) is 5.73 Å². The van der Waals surface area contributed by atoms with E-state index < -0.39 is 0 Å². The Balaban J connectivity index is 4.29. The highest BCUT2D eigenvalue weighted by Gasteiger charge is 2.07. The van der Waals surface area contributed by atoms with Crippen molar-refractivity contribution in [3.8, 4) is 0 Å². The third kappa shape index (κ3) is 9.17. The number of hydrogen-bond acceptors (Lipinski definition) is 4. The van der Waals surface area contributed by atoms with Crippen LogP contribution >= 0.6 is 0 Å². The van der Waals surface area contributed by atoms with Crippen molar-refractivity contribution in [2.45, 2.75) is 46.0 Å². The summed E-state index contributed by atoms with van der Waals surface area (Å²) in [4.78, 5) is 22.5. The van der Waals surface area contributed by atoms with Crippen LogP contribution in [0, 0.1) is 0 Å². The molecule has 0 heterocycles. The third-order valence-corrected chi connectivity index (χ3v) is 2.51. The summed E-state index contributed by atoms with van der Waals surface area (Å²) in [6.07, 6.45) is 9.02. The van der Waals surface area contributed by atoms with Gasteiger partial charge in [0, 0.05) is 6.08 Å². The van der Waals surface area contributed by atoms with Crippen LogP contribution in [0.1, 0.15) is 46.0 Å². The van der Waals surface area contributed by atoms with Crippen molar-refractivity contribution in [1.29, 1.82) is 0 Å². The summed E-state index contributed by atoms with van der Waals surface area (Å²) in [5.41, 5.74) is 3.56. The summed E-state index contributed by atoms with van der Waals surface area (Å²) in [7, 11) is 1.37. The number of carbonyl (C=O) groups is 2. The zero-order valence-electron chi connectivity index (χ0n) is 12.6. The van der Waals surface area contributed by atoms with Gasteiger partial charge in [-0.3, -0.25) is 0 Å². The summed E-state index contributed by atoms with van der Waals surface area (Å²) >= 11 is 0. The summed E-state index contributed by atoms with van der Waals surface area (Å²) in [6.45, 7) is 4.22. The van der Waals surface area contributed by atoms with Gasteiger partial charge in [-0.2, -0.15) is 0 Å². The lowest BCUT2D eigenvalue weighted by Crippen LogP contribution is -2.03. The molecule has 0 radical (unpaired) electrons. The third-order valence-electron chi connectivity index (χ3n) is 2.51. The average Bonchev–Trinajstić information content (AvgIpc) is 2.45. The fraction of sp³-hybridized carbons (Fsp3) is 0.562. The van der Waals surface area contributed by atoms with E-state index in [1.165, 1.54) is 13.2 Å². The van der Waals surface area contributed by atoms with Gasteiger partial charge < -0.3 is 9.47 Å². The van der Waals surface area contributed by atoms with E-state index in [9.17, 15) is 9.59 Å². The van der Waals surface area contributed by atoms with E-state index in [4.69, 9.17) is 9.47 Å². The minimum absolute atomic E-state index is 0.322. The molecule has 0 aromatic heterocycles. The predicted octanol–water partition coefficient (Wildman–Crippen LogP) is 3.33. The first-order valence-corrected chi connectivity index (χ1v) is 7.01. The maximum Gasteiger partial charge on any atom is 0.341 e. The van der Waals surface area contributed by atoms with Crippen molar-refractivity contribution in [1.82, 2.24) is 0 Å². The Labute approximate surface area is 121 Å². The van der Waals surface area contributed by atoms with E-state index in [0.717, 1.165) is 12.8 Å². The van der Waals surface area contributed by atoms with Crippen molar-refractivity contribution >= 4 is 11.9 Å². The molecule has 0 spiro atoms. The Bertz CT molecular complexity index is 387. The normalized spacial score (nSPS) is 9.95. The molecule has 0 atom stereocenters. The molecule has 20 heavy (non-hydrogen) atoms. The first-order chi connectivity index (χ1) is 9.65. The zero-order valence-corrected chi connectivity index (χ0v) is 12.6. The van der Waals surface area contributed by atoms with Crippen LogP contribution in [0.15, 0.2) is 29.5 Å². The van der Waals surface area contributed by atoms with E-state index in [2.05, 4.69) is 12.7 Å². The molecule has 0 rings (SSSR count). The first kappa shape index (κ1) is 18.2. The first-order valence-electron chi connectivity index (χ1n) is 7.01. The predicted molar refractivity (Wildman–Crippen MR) is 78.1 cm³/mol. The molecule has 0 aromatic carbocycles. The monoisotopic (exact) mass is 280 g/mol. The van der Waals surface area contributed by atoms with Crippen molar-refractivity contribution in [2.75, 3.05) is 13.7 Å². The van der Waals surface area contributed by atoms with Crippen LogP contribution in [-0.4, -0.2) is 25.7 Å². The molecule has 0 fully saturated rings. The lowest BCUT2D eigenvalue weighted by molar-refractivity contribution is -0.137. The quantitative estimate of drug-likeness (QED) is 0.281. The van der Waals surface area contributed by atoms with Gasteiger partial charge in [-0.25, -0.2) is 9.59 Å². The summed E-state index contributed by atoms with van der Waals surface area (Å²) < 4.78 is 9.47. The smallest absolute Gasteiger partial charge is 0.341 e. The maximum absolute atomic E-state index is 11.5. The van der Waals surface area contributed by atoms with Crippen LogP contribution in [0.5, 0.6) is 0 Å². The number of carbonyl (C=O) groups excluding carboxylic acids is 2. The van der Waals surface area contributed by atoms with E-state index >= 15 is 0 Å².